The van der Waals surface area contributed by atoms with Crippen LogP contribution in [0.1, 0.15) is 42.6 Å². The molecule has 1 unspecified atom stereocenters. The summed E-state index contributed by atoms with van der Waals surface area (Å²) in [5.41, 5.74) is -1.60. The molecule has 0 heterocycles. The van der Waals surface area contributed by atoms with Crippen LogP contribution >= 0.6 is 0 Å². The van der Waals surface area contributed by atoms with E-state index in [9.17, 15) is 27.2 Å². The third-order valence-electron chi connectivity index (χ3n) is 4.18. The van der Waals surface area contributed by atoms with Gasteiger partial charge >= 0.3 is 6.18 Å². The van der Waals surface area contributed by atoms with Gasteiger partial charge in [0.1, 0.15) is 11.9 Å². The van der Waals surface area contributed by atoms with Gasteiger partial charge in [-0.2, -0.15) is 13.2 Å². The SMILES string of the molecule is CCCCOC(C)C(=O)Nc1ccc(NC(=O)c2ccc(F)cc2)cc1C(F)(F)F. The quantitative estimate of drug-likeness (QED) is 0.448. The van der Waals surface area contributed by atoms with Crippen LogP contribution in [0.5, 0.6) is 0 Å². The second kappa shape index (κ2) is 10.2. The minimum absolute atomic E-state index is 0.0837. The Bertz CT molecular complexity index is 883. The molecule has 0 spiro atoms. The number of hydrogen-bond donors (Lipinski definition) is 2. The molecule has 5 nitrogen and oxygen atoms in total. The normalized spacial score (nSPS) is 12.3. The highest BCUT2D eigenvalue weighted by Crippen LogP contribution is 2.36. The zero-order chi connectivity index (χ0) is 22.3. The summed E-state index contributed by atoms with van der Waals surface area (Å²) in [4.78, 5) is 24.3. The van der Waals surface area contributed by atoms with Crippen LogP contribution in [0.15, 0.2) is 42.5 Å². The number of ether oxygens (including phenoxy) is 1. The van der Waals surface area contributed by atoms with Crippen LogP contribution in [0.25, 0.3) is 0 Å². The Balaban J connectivity index is 2.17. The predicted octanol–water partition coefficient (Wildman–Crippen LogP) is 5.24. The Morgan fingerprint density at radius 1 is 1.07 bits per heavy atom. The van der Waals surface area contributed by atoms with E-state index < -0.39 is 41.2 Å². The summed E-state index contributed by atoms with van der Waals surface area (Å²) in [5, 5.41) is 4.55. The Labute approximate surface area is 171 Å². The van der Waals surface area contributed by atoms with Crippen molar-refractivity contribution in [2.45, 2.75) is 39.0 Å². The first-order chi connectivity index (χ1) is 14.1. The van der Waals surface area contributed by atoms with Crippen LogP contribution in [0.4, 0.5) is 28.9 Å². The van der Waals surface area contributed by atoms with Crippen molar-refractivity contribution in [2.24, 2.45) is 0 Å². The van der Waals surface area contributed by atoms with Gasteiger partial charge in [-0.1, -0.05) is 13.3 Å². The van der Waals surface area contributed by atoms with Crippen LogP contribution in [0, 0.1) is 5.82 Å². The number of carbonyl (C=O) groups is 2. The van der Waals surface area contributed by atoms with Crippen molar-refractivity contribution in [1.82, 2.24) is 0 Å². The maximum Gasteiger partial charge on any atom is 0.418 e. The van der Waals surface area contributed by atoms with Gasteiger partial charge < -0.3 is 15.4 Å². The number of unbranched alkanes of at least 4 members (excludes halogenated alkanes) is 1. The molecule has 9 heteroatoms. The van der Waals surface area contributed by atoms with Gasteiger partial charge in [0, 0.05) is 17.9 Å². The number of anilines is 2. The Kier molecular flexibility index (Phi) is 7.93. The summed E-state index contributed by atoms with van der Waals surface area (Å²) >= 11 is 0. The summed E-state index contributed by atoms with van der Waals surface area (Å²) in [6.45, 7) is 3.72. The monoisotopic (exact) mass is 426 g/mol. The molecule has 30 heavy (non-hydrogen) atoms. The molecule has 2 aromatic rings. The predicted molar refractivity (Wildman–Crippen MR) is 105 cm³/mol. The highest BCUT2D eigenvalue weighted by atomic mass is 19.4. The summed E-state index contributed by atoms with van der Waals surface area (Å²) in [6, 6.07) is 7.57. The van der Waals surface area contributed by atoms with Crippen molar-refractivity contribution in [3.8, 4) is 0 Å². The van der Waals surface area contributed by atoms with E-state index in [1.807, 2.05) is 6.92 Å². The standard InChI is InChI=1S/C21H22F4N2O3/c1-3-4-11-30-13(2)19(28)27-18-10-9-16(12-17(18)21(23,24)25)26-20(29)14-5-7-15(22)8-6-14/h5-10,12-13H,3-4,11H2,1-2H3,(H,26,29)(H,27,28). The number of carbonyl (C=O) groups excluding carboxylic acids is 2. The second-order valence-corrected chi connectivity index (χ2v) is 6.57. The van der Waals surface area contributed by atoms with Crippen molar-refractivity contribution < 1.29 is 31.9 Å². The van der Waals surface area contributed by atoms with Crippen LogP contribution in [0.2, 0.25) is 0 Å². The molecule has 1 atom stereocenters. The van der Waals surface area contributed by atoms with Crippen molar-refractivity contribution in [1.29, 1.82) is 0 Å². The van der Waals surface area contributed by atoms with Crippen LogP contribution in [-0.2, 0) is 15.7 Å². The van der Waals surface area contributed by atoms with Gasteiger partial charge in [0.25, 0.3) is 11.8 Å². The maximum absolute atomic E-state index is 13.5. The molecule has 0 aliphatic carbocycles. The van der Waals surface area contributed by atoms with Gasteiger partial charge in [-0.05, 0) is 55.8 Å². The molecule has 0 aliphatic heterocycles. The summed E-state index contributed by atoms with van der Waals surface area (Å²) in [7, 11) is 0. The van der Waals surface area contributed by atoms with Gasteiger partial charge in [-0.25, -0.2) is 4.39 Å². The lowest BCUT2D eigenvalue weighted by Crippen LogP contribution is -2.29. The van der Waals surface area contributed by atoms with E-state index in [0.29, 0.717) is 6.61 Å². The molecule has 162 valence electrons. The first kappa shape index (κ1) is 23.3. The lowest BCUT2D eigenvalue weighted by molar-refractivity contribution is -0.137. The lowest BCUT2D eigenvalue weighted by Gasteiger charge is -2.18. The Morgan fingerprint density at radius 3 is 2.33 bits per heavy atom. The molecule has 2 rings (SSSR count). The first-order valence-electron chi connectivity index (χ1n) is 9.32. The van der Waals surface area contributed by atoms with E-state index in [-0.39, 0.29) is 11.3 Å². The Hall–Kier alpha value is -2.94. The third kappa shape index (κ3) is 6.55. The minimum Gasteiger partial charge on any atom is -0.369 e. The van der Waals surface area contributed by atoms with Crippen molar-refractivity contribution in [3.05, 3.63) is 59.4 Å². The lowest BCUT2D eigenvalue weighted by atomic mass is 10.1. The number of alkyl halides is 3. The fraction of sp³-hybridized carbons (Fsp3) is 0.333. The zero-order valence-electron chi connectivity index (χ0n) is 16.5. The number of benzene rings is 2. The van der Waals surface area contributed by atoms with E-state index in [1.165, 1.54) is 25.1 Å². The van der Waals surface area contributed by atoms with E-state index >= 15 is 0 Å². The fourth-order valence-corrected chi connectivity index (χ4v) is 2.48. The van der Waals surface area contributed by atoms with Gasteiger partial charge in [0.05, 0.1) is 11.3 Å². The van der Waals surface area contributed by atoms with E-state index in [2.05, 4.69) is 10.6 Å². The first-order valence-corrected chi connectivity index (χ1v) is 9.32. The number of nitrogens with one attached hydrogen (secondary N) is 2. The summed E-state index contributed by atoms with van der Waals surface area (Å²) < 4.78 is 58.7. The van der Waals surface area contributed by atoms with E-state index in [1.54, 1.807) is 0 Å². The summed E-state index contributed by atoms with van der Waals surface area (Å²) in [6.07, 6.45) is -4.10. The molecule has 0 saturated heterocycles. The highest BCUT2D eigenvalue weighted by Gasteiger charge is 2.34. The van der Waals surface area contributed by atoms with Crippen LogP contribution < -0.4 is 10.6 Å². The van der Waals surface area contributed by atoms with Crippen LogP contribution in [-0.4, -0.2) is 24.5 Å². The fourth-order valence-electron chi connectivity index (χ4n) is 2.48. The number of rotatable bonds is 8. The molecular weight excluding hydrogens is 404 g/mol. The second-order valence-electron chi connectivity index (χ2n) is 6.57. The molecule has 0 aromatic heterocycles. The smallest absolute Gasteiger partial charge is 0.369 e. The molecule has 0 bridgehead atoms. The van der Waals surface area contributed by atoms with Crippen LogP contribution in [0.3, 0.4) is 0 Å². The number of halogens is 4. The average Bonchev–Trinajstić information content (AvgIpc) is 2.68. The zero-order valence-corrected chi connectivity index (χ0v) is 16.5. The third-order valence-corrected chi connectivity index (χ3v) is 4.18. The summed E-state index contributed by atoms with van der Waals surface area (Å²) in [5.74, 6) is -1.95. The molecule has 2 amide bonds. The molecule has 0 radical (unpaired) electrons. The maximum atomic E-state index is 13.5. The van der Waals surface area contributed by atoms with Crippen molar-refractivity contribution in [3.63, 3.8) is 0 Å². The molecule has 2 N–H and O–H groups in total. The molecule has 0 fully saturated rings. The van der Waals surface area contributed by atoms with Crippen molar-refractivity contribution in [2.75, 3.05) is 17.2 Å². The van der Waals surface area contributed by atoms with Gasteiger partial charge in [0.15, 0.2) is 0 Å². The number of amides is 2. The number of hydrogen-bond acceptors (Lipinski definition) is 3. The largest absolute Gasteiger partial charge is 0.418 e. The molecule has 0 saturated carbocycles. The van der Waals surface area contributed by atoms with Gasteiger partial charge in [0.2, 0.25) is 0 Å². The highest BCUT2D eigenvalue weighted by molar-refractivity contribution is 6.04. The van der Waals surface area contributed by atoms with E-state index in [4.69, 9.17) is 4.74 Å². The van der Waals surface area contributed by atoms with Gasteiger partial charge in [-0.15, -0.1) is 0 Å². The topological polar surface area (TPSA) is 67.4 Å². The van der Waals surface area contributed by atoms with Crippen molar-refractivity contribution >= 4 is 23.2 Å². The molecular formula is C21H22F4N2O3. The molecule has 2 aromatic carbocycles. The molecule has 0 aliphatic rings. The van der Waals surface area contributed by atoms with E-state index in [0.717, 1.165) is 37.1 Å². The van der Waals surface area contributed by atoms with Gasteiger partial charge in [-0.3, -0.25) is 9.59 Å². The minimum atomic E-state index is -4.77. The Morgan fingerprint density at radius 2 is 1.73 bits per heavy atom. The average molecular weight is 426 g/mol.